The minimum absolute atomic E-state index is 0.590. The monoisotopic (exact) mass is 420 g/mol. The normalized spacial score (nSPS) is 14.2. The number of piperazine rings is 1. The van der Waals surface area contributed by atoms with Crippen LogP contribution < -0.4 is 15.5 Å². The van der Waals surface area contributed by atoms with E-state index in [4.69, 9.17) is 4.98 Å². The molecule has 0 aliphatic carbocycles. The van der Waals surface area contributed by atoms with Crippen LogP contribution in [0.4, 0.5) is 17.3 Å². The second-order valence-corrected chi connectivity index (χ2v) is 8.03. The van der Waals surface area contributed by atoms with Crippen LogP contribution in [0.5, 0.6) is 0 Å². The summed E-state index contributed by atoms with van der Waals surface area (Å²) in [5.74, 6) is 0.590. The van der Waals surface area contributed by atoms with E-state index >= 15 is 0 Å². The minimum Gasteiger partial charge on any atom is -0.369 e. The van der Waals surface area contributed by atoms with Crippen LogP contribution in [0, 0.1) is 0 Å². The average molecular weight is 421 g/mol. The number of para-hydroxylation sites is 2. The van der Waals surface area contributed by atoms with Crippen LogP contribution >= 0.6 is 0 Å². The van der Waals surface area contributed by atoms with Gasteiger partial charge in [-0.25, -0.2) is 4.98 Å². The molecule has 0 spiro atoms. The maximum atomic E-state index is 4.92. The smallest absolute Gasteiger partial charge is 0.229 e. The van der Waals surface area contributed by atoms with Gasteiger partial charge in [0.25, 0.3) is 0 Å². The van der Waals surface area contributed by atoms with E-state index in [1.165, 1.54) is 5.69 Å². The number of rotatable bonds is 4. The van der Waals surface area contributed by atoms with Gasteiger partial charge < -0.3 is 15.5 Å². The molecule has 2 aromatic heterocycles. The molecule has 5 aromatic rings. The van der Waals surface area contributed by atoms with Gasteiger partial charge in [0.05, 0.1) is 5.52 Å². The molecule has 32 heavy (non-hydrogen) atoms. The summed E-state index contributed by atoms with van der Waals surface area (Å²) in [7, 11) is 0. The van der Waals surface area contributed by atoms with Gasteiger partial charge >= 0.3 is 0 Å². The molecule has 158 valence electrons. The highest BCUT2D eigenvalue weighted by molar-refractivity contribution is 6.07. The summed E-state index contributed by atoms with van der Waals surface area (Å²) in [4.78, 5) is 11.9. The van der Waals surface area contributed by atoms with Crippen molar-refractivity contribution in [2.24, 2.45) is 0 Å². The number of hydrogen-bond acceptors (Lipinski definition) is 5. The predicted octanol–water partition coefficient (Wildman–Crippen LogP) is 4.73. The maximum absolute atomic E-state index is 4.92. The summed E-state index contributed by atoms with van der Waals surface area (Å²) in [6.07, 6.45) is 1.92. The predicted molar refractivity (Wildman–Crippen MR) is 131 cm³/mol. The SMILES string of the molecule is c1ccc(-n2c3ccccc3c3cnc(Nc4ccc(N5CCNCC5)cc4)nc32)cc1. The molecular weight excluding hydrogens is 396 g/mol. The third-order valence-corrected chi connectivity index (χ3v) is 6.04. The Bertz CT molecular complexity index is 1370. The molecule has 3 heterocycles. The van der Waals surface area contributed by atoms with Crippen molar-refractivity contribution in [3.05, 3.63) is 85.1 Å². The Kier molecular flexibility index (Phi) is 4.70. The van der Waals surface area contributed by atoms with Gasteiger partial charge in [-0.05, 0) is 42.5 Å². The van der Waals surface area contributed by atoms with Gasteiger partial charge in [-0.3, -0.25) is 4.57 Å². The first kappa shape index (κ1) is 18.8. The van der Waals surface area contributed by atoms with E-state index in [-0.39, 0.29) is 0 Å². The Morgan fingerprint density at radius 3 is 2.31 bits per heavy atom. The van der Waals surface area contributed by atoms with Crippen molar-refractivity contribution in [2.75, 3.05) is 36.4 Å². The molecule has 0 atom stereocenters. The van der Waals surface area contributed by atoms with Gasteiger partial charge in [0.2, 0.25) is 5.95 Å². The summed E-state index contributed by atoms with van der Waals surface area (Å²) in [5, 5.41) is 8.98. The van der Waals surface area contributed by atoms with Gasteiger partial charge in [-0.1, -0.05) is 36.4 Å². The van der Waals surface area contributed by atoms with Crippen LogP contribution in [0.1, 0.15) is 0 Å². The summed E-state index contributed by atoms with van der Waals surface area (Å²) in [6.45, 7) is 4.14. The van der Waals surface area contributed by atoms with Gasteiger partial charge in [-0.15, -0.1) is 0 Å². The third kappa shape index (κ3) is 3.35. The largest absolute Gasteiger partial charge is 0.369 e. The first-order valence-electron chi connectivity index (χ1n) is 11.0. The van der Waals surface area contributed by atoms with Crippen molar-refractivity contribution < 1.29 is 0 Å². The molecule has 6 rings (SSSR count). The van der Waals surface area contributed by atoms with Gasteiger partial charge in [0, 0.05) is 60.2 Å². The van der Waals surface area contributed by atoms with Crippen molar-refractivity contribution in [3.63, 3.8) is 0 Å². The van der Waals surface area contributed by atoms with E-state index in [0.29, 0.717) is 5.95 Å². The number of nitrogens with one attached hydrogen (secondary N) is 2. The fraction of sp³-hybridized carbons (Fsp3) is 0.154. The van der Waals surface area contributed by atoms with Crippen molar-refractivity contribution >= 4 is 39.3 Å². The van der Waals surface area contributed by atoms with Crippen LogP contribution in [-0.4, -0.2) is 40.7 Å². The second-order valence-electron chi connectivity index (χ2n) is 8.03. The number of hydrogen-bond donors (Lipinski definition) is 2. The molecule has 0 bridgehead atoms. The molecular formula is C26H24N6. The van der Waals surface area contributed by atoms with E-state index in [2.05, 4.69) is 97.9 Å². The van der Waals surface area contributed by atoms with Gasteiger partial charge in [-0.2, -0.15) is 4.98 Å². The van der Waals surface area contributed by atoms with E-state index in [0.717, 1.165) is 59.5 Å². The minimum atomic E-state index is 0.590. The standard InChI is InChI=1S/C26H24N6/c1-2-6-21(7-3-1)32-24-9-5-4-8-22(24)23-18-28-26(30-25(23)32)29-19-10-12-20(13-11-19)31-16-14-27-15-17-31/h1-13,18,27H,14-17H2,(H,28,29,30). The van der Waals surface area contributed by atoms with Crippen LogP contribution in [0.3, 0.4) is 0 Å². The van der Waals surface area contributed by atoms with Crippen LogP contribution in [0.25, 0.3) is 27.6 Å². The van der Waals surface area contributed by atoms with Crippen molar-refractivity contribution in [2.45, 2.75) is 0 Å². The zero-order valence-corrected chi connectivity index (χ0v) is 17.7. The zero-order chi connectivity index (χ0) is 21.3. The average Bonchev–Trinajstić information content (AvgIpc) is 3.19. The zero-order valence-electron chi connectivity index (χ0n) is 17.7. The topological polar surface area (TPSA) is 58.0 Å². The summed E-state index contributed by atoms with van der Waals surface area (Å²) < 4.78 is 2.20. The molecule has 0 unspecified atom stereocenters. The summed E-state index contributed by atoms with van der Waals surface area (Å²) in [5.41, 5.74) is 5.33. The van der Waals surface area contributed by atoms with E-state index < -0.39 is 0 Å². The lowest BCUT2D eigenvalue weighted by atomic mass is 10.2. The molecule has 3 aromatic carbocycles. The van der Waals surface area contributed by atoms with E-state index in [1.807, 2.05) is 12.3 Å². The molecule has 0 radical (unpaired) electrons. The molecule has 1 aliphatic heterocycles. The maximum Gasteiger partial charge on any atom is 0.229 e. The molecule has 1 saturated heterocycles. The van der Waals surface area contributed by atoms with Crippen molar-refractivity contribution in [1.82, 2.24) is 19.9 Å². The fourth-order valence-corrected chi connectivity index (χ4v) is 4.45. The second kappa shape index (κ2) is 7.98. The Morgan fingerprint density at radius 2 is 1.50 bits per heavy atom. The molecule has 6 nitrogen and oxygen atoms in total. The molecule has 6 heteroatoms. The Balaban J connectivity index is 1.37. The number of nitrogens with zero attached hydrogens (tertiary/aromatic N) is 4. The quantitative estimate of drug-likeness (QED) is 0.440. The lowest BCUT2D eigenvalue weighted by Gasteiger charge is -2.29. The number of fused-ring (bicyclic) bond motifs is 3. The molecule has 1 fully saturated rings. The van der Waals surface area contributed by atoms with Crippen LogP contribution in [0.2, 0.25) is 0 Å². The Labute approximate surface area is 186 Å². The van der Waals surface area contributed by atoms with Crippen LogP contribution in [0.15, 0.2) is 85.1 Å². The lowest BCUT2D eigenvalue weighted by Crippen LogP contribution is -2.43. The lowest BCUT2D eigenvalue weighted by molar-refractivity contribution is 0.589. The highest BCUT2D eigenvalue weighted by atomic mass is 15.2. The van der Waals surface area contributed by atoms with Crippen molar-refractivity contribution in [3.8, 4) is 5.69 Å². The molecule has 1 aliphatic rings. The molecule has 2 N–H and O–H groups in total. The van der Waals surface area contributed by atoms with E-state index in [1.54, 1.807) is 0 Å². The number of aromatic nitrogens is 3. The first-order valence-corrected chi connectivity index (χ1v) is 11.0. The number of anilines is 3. The first-order chi connectivity index (χ1) is 15.9. The molecule has 0 amide bonds. The Morgan fingerprint density at radius 1 is 0.750 bits per heavy atom. The summed E-state index contributed by atoms with van der Waals surface area (Å²) in [6, 6.07) is 27.2. The highest BCUT2D eigenvalue weighted by Crippen LogP contribution is 2.31. The molecule has 0 saturated carbocycles. The highest BCUT2D eigenvalue weighted by Gasteiger charge is 2.15. The van der Waals surface area contributed by atoms with Gasteiger partial charge in [0.15, 0.2) is 5.65 Å². The third-order valence-electron chi connectivity index (χ3n) is 6.04. The van der Waals surface area contributed by atoms with E-state index in [9.17, 15) is 0 Å². The van der Waals surface area contributed by atoms with Crippen molar-refractivity contribution in [1.29, 1.82) is 0 Å². The summed E-state index contributed by atoms with van der Waals surface area (Å²) >= 11 is 0. The van der Waals surface area contributed by atoms with Gasteiger partial charge in [0.1, 0.15) is 0 Å². The number of benzene rings is 3. The van der Waals surface area contributed by atoms with Crippen LogP contribution in [-0.2, 0) is 0 Å². The Hall–Kier alpha value is -3.90. The fourth-order valence-electron chi connectivity index (χ4n) is 4.45.